The monoisotopic (exact) mass is 365 g/mol. The summed E-state index contributed by atoms with van der Waals surface area (Å²) in [5.41, 5.74) is 1.71. The number of nitrogens with zero attached hydrogens (tertiary/aromatic N) is 3. The van der Waals surface area contributed by atoms with Crippen molar-refractivity contribution in [3.63, 3.8) is 0 Å². The highest BCUT2D eigenvalue weighted by Gasteiger charge is 2.10. The van der Waals surface area contributed by atoms with E-state index >= 15 is 0 Å². The molecule has 1 aliphatic rings. The van der Waals surface area contributed by atoms with Crippen molar-refractivity contribution in [3.8, 4) is 0 Å². The van der Waals surface area contributed by atoms with Crippen molar-refractivity contribution in [2.45, 2.75) is 20.0 Å². The third-order valence-electron chi connectivity index (χ3n) is 4.18. The number of benzene rings is 1. The zero-order valence-electron chi connectivity index (χ0n) is 16.2. The molecule has 1 aromatic rings. The van der Waals surface area contributed by atoms with Gasteiger partial charge in [-0.2, -0.15) is 0 Å². The van der Waals surface area contributed by atoms with Crippen molar-refractivity contribution in [2.75, 3.05) is 60.0 Å². The standard InChI is InChI=1S/C19H32FN5O/c1-4-21-19(22-7-8-25-9-11-26-12-10-25)23-14-16-5-6-18(20)17(13-16)15-24(2)3/h5-6,13H,4,7-12,14-15H2,1-3H3,(H2,21,22,23). The van der Waals surface area contributed by atoms with Gasteiger partial charge in [0.1, 0.15) is 5.82 Å². The molecule has 2 rings (SSSR count). The van der Waals surface area contributed by atoms with Crippen LogP contribution < -0.4 is 10.6 Å². The molecule has 26 heavy (non-hydrogen) atoms. The van der Waals surface area contributed by atoms with E-state index in [2.05, 4.69) is 20.5 Å². The summed E-state index contributed by atoms with van der Waals surface area (Å²) in [6.45, 7) is 9.36. The molecule has 0 amide bonds. The average molecular weight is 365 g/mol. The van der Waals surface area contributed by atoms with Gasteiger partial charge in [0.05, 0.1) is 19.8 Å². The number of rotatable bonds is 8. The molecule has 0 aromatic heterocycles. The number of nitrogens with one attached hydrogen (secondary N) is 2. The predicted molar refractivity (Wildman–Crippen MR) is 104 cm³/mol. The lowest BCUT2D eigenvalue weighted by molar-refractivity contribution is 0.0389. The maximum atomic E-state index is 13.9. The Balaban J connectivity index is 1.88. The molecule has 0 spiro atoms. The van der Waals surface area contributed by atoms with E-state index in [0.29, 0.717) is 18.7 Å². The van der Waals surface area contributed by atoms with Crippen molar-refractivity contribution in [1.29, 1.82) is 0 Å². The summed E-state index contributed by atoms with van der Waals surface area (Å²) in [5.74, 6) is 0.626. The van der Waals surface area contributed by atoms with E-state index in [1.807, 2.05) is 32.0 Å². The smallest absolute Gasteiger partial charge is 0.191 e. The second-order valence-corrected chi connectivity index (χ2v) is 6.74. The number of hydrogen-bond donors (Lipinski definition) is 2. The molecule has 0 bridgehead atoms. The van der Waals surface area contributed by atoms with Crippen molar-refractivity contribution in [3.05, 3.63) is 35.1 Å². The van der Waals surface area contributed by atoms with Crippen LogP contribution in [0.5, 0.6) is 0 Å². The van der Waals surface area contributed by atoms with Gasteiger partial charge in [0.25, 0.3) is 0 Å². The first-order chi connectivity index (χ1) is 12.6. The Kier molecular flexibility index (Phi) is 8.80. The van der Waals surface area contributed by atoms with Crippen LogP contribution in [0.4, 0.5) is 4.39 Å². The maximum absolute atomic E-state index is 13.9. The molecule has 1 aromatic carbocycles. The van der Waals surface area contributed by atoms with Crippen molar-refractivity contribution in [2.24, 2.45) is 4.99 Å². The lowest BCUT2D eigenvalue weighted by atomic mass is 10.1. The highest BCUT2D eigenvalue weighted by Crippen LogP contribution is 2.13. The van der Waals surface area contributed by atoms with Crippen LogP contribution in [0.3, 0.4) is 0 Å². The highest BCUT2D eigenvalue weighted by atomic mass is 19.1. The van der Waals surface area contributed by atoms with E-state index in [9.17, 15) is 4.39 Å². The van der Waals surface area contributed by atoms with Gasteiger partial charge in [-0.05, 0) is 38.7 Å². The molecule has 0 saturated carbocycles. The molecule has 6 nitrogen and oxygen atoms in total. The molecule has 0 atom stereocenters. The Morgan fingerprint density at radius 1 is 1.27 bits per heavy atom. The highest BCUT2D eigenvalue weighted by molar-refractivity contribution is 5.79. The number of ether oxygens (including phenoxy) is 1. The summed E-state index contributed by atoms with van der Waals surface area (Å²) in [6.07, 6.45) is 0. The molecular formula is C19H32FN5O. The molecular weight excluding hydrogens is 333 g/mol. The largest absolute Gasteiger partial charge is 0.379 e. The van der Waals surface area contributed by atoms with Crippen LogP contribution in [-0.4, -0.2) is 75.8 Å². The van der Waals surface area contributed by atoms with E-state index in [1.54, 1.807) is 6.07 Å². The van der Waals surface area contributed by atoms with Gasteiger partial charge in [-0.1, -0.05) is 6.07 Å². The predicted octanol–water partition coefficient (Wildman–Crippen LogP) is 1.27. The van der Waals surface area contributed by atoms with Crippen LogP contribution in [0.2, 0.25) is 0 Å². The third kappa shape index (κ3) is 7.27. The van der Waals surface area contributed by atoms with E-state index < -0.39 is 0 Å². The first-order valence-electron chi connectivity index (χ1n) is 9.32. The number of guanidine groups is 1. The first-order valence-corrected chi connectivity index (χ1v) is 9.32. The van der Waals surface area contributed by atoms with Crippen LogP contribution in [-0.2, 0) is 17.8 Å². The van der Waals surface area contributed by atoms with Crippen molar-refractivity contribution >= 4 is 5.96 Å². The Labute approximate surface area is 156 Å². The fourth-order valence-corrected chi connectivity index (χ4v) is 2.86. The second kappa shape index (κ2) is 11.1. The van der Waals surface area contributed by atoms with Gasteiger partial charge in [0, 0.05) is 44.8 Å². The van der Waals surface area contributed by atoms with Gasteiger partial charge in [0.2, 0.25) is 0 Å². The molecule has 146 valence electrons. The molecule has 0 radical (unpaired) electrons. The Hall–Kier alpha value is -1.70. The van der Waals surface area contributed by atoms with Crippen LogP contribution >= 0.6 is 0 Å². The van der Waals surface area contributed by atoms with Crippen molar-refractivity contribution < 1.29 is 9.13 Å². The lowest BCUT2D eigenvalue weighted by Gasteiger charge is -2.26. The maximum Gasteiger partial charge on any atom is 0.191 e. The molecule has 7 heteroatoms. The summed E-state index contributed by atoms with van der Waals surface area (Å²) >= 11 is 0. The van der Waals surface area contributed by atoms with Gasteiger partial charge in [0.15, 0.2) is 5.96 Å². The van der Waals surface area contributed by atoms with Gasteiger partial charge >= 0.3 is 0 Å². The van der Waals surface area contributed by atoms with Crippen LogP contribution in [0, 0.1) is 5.82 Å². The second-order valence-electron chi connectivity index (χ2n) is 6.74. The number of aliphatic imine (C=N–C) groups is 1. The first kappa shape index (κ1) is 20.6. The molecule has 2 N–H and O–H groups in total. The van der Waals surface area contributed by atoms with Crippen LogP contribution in [0.1, 0.15) is 18.1 Å². The summed E-state index contributed by atoms with van der Waals surface area (Å²) < 4.78 is 19.3. The summed E-state index contributed by atoms with van der Waals surface area (Å²) in [7, 11) is 3.87. The van der Waals surface area contributed by atoms with Crippen molar-refractivity contribution in [1.82, 2.24) is 20.4 Å². The van der Waals surface area contributed by atoms with E-state index in [-0.39, 0.29) is 5.82 Å². The van der Waals surface area contributed by atoms with Gasteiger partial charge < -0.3 is 20.3 Å². The molecule has 1 aliphatic heterocycles. The minimum atomic E-state index is -0.165. The number of hydrogen-bond acceptors (Lipinski definition) is 4. The average Bonchev–Trinajstić information content (AvgIpc) is 2.62. The SMILES string of the molecule is CCNC(=NCc1ccc(F)c(CN(C)C)c1)NCCN1CCOCC1. The van der Waals surface area contributed by atoms with E-state index in [1.165, 1.54) is 6.07 Å². The van der Waals surface area contributed by atoms with E-state index in [0.717, 1.165) is 57.5 Å². The normalized spacial score (nSPS) is 16.1. The molecule has 1 heterocycles. The Morgan fingerprint density at radius 3 is 2.73 bits per heavy atom. The molecule has 0 aliphatic carbocycles. The number of halogens is 1. The lowest BCUT2D eigenvalue weighted by Crippen LogP contribution is -2.44. The van der Waals surface area contributed by atoms with Crippen LogP contribution in [0.25, 0.3) is 0 Å². The molecule has 1 saturated heterocycles. The minimum absolute atomic E-state index is 0.165. The van der Waals surface area contributed by atoms with Gasteiger partial charge in [-0.25, -0.2) is 9.38 Å². The third-order valence-corrected chi connectivity index (χ3v) is 4.18. The van der Waals surface area contributed by atoms with E-state index in [4.69, 9.17) is 4.74 Å². The van der Waals surface area contributed by atoms with Crippen LogP contribution in [0.15, 0.2) is 23.2 Å². The Morgan fingerprint density at radius 2 is 2.04 bits per heavy atom. The minimum Gasteiger partial charge on any atom is -0.379 e. The topological polar surface area (TPSA) is 52.1 Å². The molecule has 1 fully saturated rings. The zero-order valence-corrected chi connectivity index (χ0v) is 16.2. The summed E-state index contributed by atoms with van der Waals surface area (Å²) in [4.78, 5) is 8.97. The molecule has 0 unspecified atom stereocenters. The summed E-state index contributed by atoms with van der Waals surface area (Å²) in [6, 6.07) is 5.23. The zero-order chi connectivity index (χ0) is 18.8. The Bertz CT molecular complexity index is 573. The fourth-order valence-electron chi connectivity index (χ4n) is 2.86. The van der Waals surface area contributed by atoms with Gasteiger partial charge in [-0.3, -0.25) is 4.90 Å². The fraction of sp³-hybridized carbons (Fsp3) is 0.632. The van der Waals surface area contributed by atoms with Gasteiger partial charge in [-0.15, -0.1) is 0 Å². The summed E-state index contributed by atoms with van der Waals surface area (Å²) in [5, 5.41) is 6.63. The quantitative estimate of drug-likeness (QED) is 0.537. The number of morpholine rings is 1.